The minimum Gasteiger partial charge on any atom is -0.401 e. The van der Waals surface area contributed by atoms with Gasteiger partial charge in [-0.15, -0.1) is 0 Å². The molecule has 0 aromatic carbocycles. The van der Waals surface area contributed by atoms with Crippen LogP contribution in [0, 0.1) is 10.1 Å². The summed E-state index contributed by atoms with van der Waals surface area (Å²) >= 11 is 0. The summed E-state index contributed by atoms with van der Waals surface area (Å²) in [6, 6.07) is -1.30. The Bertz CT molecular complexity index is 647. The first-order chi connectivity index (χ1) is 13.2. The van der Waals surface area contributed by atoms with E-state index in [1.165, 1.54) is 18.1 Å². The van der Waals surface area contributed by atoms with Crippen LogP contribution in [0.2, 0.25) is 0 Å². The van der Waals surface area contributed by atoms with Crippen molar-refractivity contribution in [3.63, 3.8) is 0 Å². The van der Waals surface area contributed by atoms with E-state index in [1.807, 2.05) is 0 Å². The molecule has 0 saturated heterocycles. The summed E-state index contributed by atoms with van der Waals surface area (Å²) in [5.74, 6) is 5.42. The van der Waals surface area contributed by atoms with Crippen molar-refractivity contribution in [2.75, 3.05) is 27.2 Å². The second-order valence-corrected chi connectivity index (χ2v) is 6.44. The molecule has 28 heavy (non-hydrogen) atoms. The predicted molar refractivity (Wildman–Crippen MR) is 104 cm³/mol. The highest BCUT2D eigenvalue weighted by Crippen LogP contribution is 2.22. The number of hydroxylamine groups is 2. The lowest BCUT2D eigenvalue weighted by molar-refractivity contribution is -0.438. The van der Waals surface area contributed by atoms with Crippen LogP contribution in [0.3, 0.4) is 0 Å². The van der Waals surface area contributed by atoms with Gasteiger partial charge in [-0.3, -0.25) is 14.9 Å². The zero-order valence-corrected chi connectivity index (χ0v) is 16.2. The van der Waals surface area contributed by atoms with Gasteiger partial charge in [0.2, 0.25) is 5.91 Å². The smallest absolute Gasteiger partial charge is 0.267 e. The van der Waals surface area contributed by atoms with Crippen LogP contribution in [0.4, 0.5) is 0 Å². The summed E-state index contributed by atoms with van der Waals surface area (Å²) in [6.07, 6.45) is 5.74. The second kappa shape index (κ2) is 11.2. The van der Waals surface area contributed by atoms with Gasteiger partial charge in [0.25, 0.3) is 5.70 Å². The van der Waals surface area contributed by atoms with Crippen LogP contribution in [0.15, 0.2) is 35.4 Å². The summed E-state index contributed by atoms with van der Waals surface area (Å²) in [5.41, 5.74) is 11.9. The lowest BCUT2D eigenvalue weighted by Gasteiger charge is -2.33. The average Bonchev–Trinajstić information content (AvgIpc) is 2.62. The van der Waals surface area contributed by atoms with Gasteiger partial charge in [0, 0.05) is 50.2 Å². The standard InChI is InChI=1S/C16H30N8O4/c1-20-15-12(5-6-13(24(27)28)16(15)22(2)26)21-8-3-9-23(19)10-11(17)4-7-14(18)25/h5-6,10,15-16,20-21,26H,3-4,7-9,17,19H2,1-2H3,(H2,18,25)/b11-10-. The highest BCUT2D eigenvalue weighted by Gasteiger charge is 2.39. The molecule has 0 heterocycles. The number of likely N-dealkylation sites (N-methyl/N-ethyl adjacent to an activating group) is 2. The maximum Gasteiger partial charge on any atom is 0.267 e. The number of primary amides is 1. The van der Waals surface area contributed by atoms with Crippen molar-refractivity contribution in [3.8, 4) is 0 Å². The Kier molecular flexibility index (Phi) is 9.38. The van der Waals surface area contributed by atoms with E-state index in [0.717, 1.165) is 10.8 Å². The number of hydrogen-bond donors (Lipinski definition) is 6. The highest BCUT2D eigenvalue weighted by molar-refractivity contribution is 5.73. The van der Waals surface area contributed by atoms with Crippen LogP contribution in [0.5, 0.6) is 0 Å². The van der Waals surface area contributed by atoms with Gasteiger partial charge in [0.15, 0.2) is 0 Å². The van der Waals surface area contributed by atoms with Crippen LogP contribution in [-0.2, 0) is 4.79 Å². The Balaban J connectivity index is 2.58. The fourth-order valence-electron chi connectivity index (χ4n) is 2.88. The molecule has 12 nitrogen and oxygen atoms in total. The van der Waals surface area contributed by atoms with Crippen molar-refractivity contribution in [1.82, 2.24) is 20.7 Å². The Hall–Kier alpha value is -2.67. The Morgan fingerprint density at radius 3 is 2.61 bits per heavy atom. The molecule has 158 valence electrons. The van der Waals surface area contributed by atoms with Crippen molar-refractivity contribution in [2.24, 2.45) is 17.3 Å². The highest BCUT2D eigenvalue weighted by atomic mass is 16.6. The number of amides is 1. The van der Waals surface area contributed by atoms with Crippen molar-refractivity contribution >= 4 is 5.91 Å². The number of hydrazine groups is 1. The van der Waals surface area contributed by atoms with Gasteiger partial charge in [-0.1, -0.05) is 0 Å². The number of nitrogens with one attached hydrogen (secondary N) is 2. The molecule has 1 aliphatic carbocycles. The number of nitrogens with zero attached hydrogens (tertiary/aromatic N) is 3. The number of carbonyl (C=O) groups is 1. The lowest BCUT2D eigenvalue weighted by Crippen LogP contribution is -2.53. The van der Waals surface area contributed by atoms with Crippen LogP contribution in [0.1, 0.15) is 19.3 Å². The summed E-state index contributed by atoms with van der Waals surface area (Å²) in [4.78, 5) is 21.4. The minimum absolute atomic E-state index is 0.0976. The van der Waals surface area contributed by atoms with Crippen molar-refractivity contribution in [1.29, 1.82) is 0 Å². The fraction of sp³-hybridized carbons (Fsp3) is 0.562. The Morgan fingerprint density at radius 2 is 2.07 bits per heavy atom. The van der Waals surface area contributed by atoms with E-state index < -0.39 is 22.9 Å². The van der Waals surface area contributed by atoms with Crippen LogP contribution in [-0.4, -0.2) is 65.4 Å². The fourth-order valence-corrected chi connectivity index (χ4v) is 2.88. The molecular weight excluding hydrogens is 368 g/mol. The molecule has 0 bridgehead atoms. The molecule has 1 amide bonds. The third kappa shape index (κ3) is 7.15. The van der Waals surface area contributed by atoms with Gasteiger partial charge in [0.1, 0.15) is 6.04 Å². The molecule has 0 fully saturated rings. The molecule has 0 aromatic rings. The predicted octanol–water partition coefficient (Wildman–Crippen LogP) is -1.46. The quantitative estimate of drug-likeness (QED) is 0.0980. The van der Waals surface area contributed by atoms with E-state index in [0.29, 0.717) is 31.6 Å². The molecule has 2 atom stereocenters. The van der Waals surface area contributed by atoms with Crippen LogP contribution < -0.4 is 27.9 Å². The van der Waals surface area contributed by atoms with E-state index in [4.69, 9.17) is 17.3 Å². The van der Waals surface area contributed by atoms with E-state index in [2.05, 4.69) is 10.6 Å². The van der Waals surface area contributed by atoms with E-state index >= 15 is 0 Å². The molecule has 0 aliphatic heterocycles. The summed E-state index contributed by atoms with van der Waals surface area (Å²) in [7, 11) is 3.04. The first-order valence-electron chi connectivity index (χ1n) is 8.82. The number of rotatable bonds is 12. The van der Waals surface area contributed by atoms with Gasteiger partial charge >= 0.3 is 0 Å². The number of nitrogens with two attached hydrogens (primary N) is 3. The number of nitro groups is 1. The van der Waals surface area contributed by atoms with Gasteiger partial charge in [-0.2, -0.15) is 5.06 Å². The molecule has 0 saturated carbocycles. The third-order valence-electron chi connectivity index (χ3n) is 4.23. The number of hydrogen-bond acceptors (Lipinski definition) is 10. The molecule has 1 aliphatic rings. The van der Waals surface area contributed by atoms with Gasteiger partial charge in [-0.25, -0.2) is 5.84 Å². The normalized spacial score (nSPS) is 19.8. The van der Waals surface area contributed by atoms with Crippen molar-refractivity contribution in [3.05, 3.63) is 45.6 Å². The van der Waals surface area contributed by atoms with E-state index in [-0.39, 0.29) is 12.1 Å². The van der Waals surface area contributed by atoms with E-state index in [9.17, 15) is 20.1 Å². The topological polar surface area (TPSA) is 189 Å². The molecule has 0 spiro atoms. The Labute approximate surface area is 163 Å². The van der Waals surface area contributed by atoms with Crippen LogP contribution in [0.25, 0.3) is 0 Å². The average molecular weight is 398 g/mol. The molecule has 2 unspecified atom stereocenters. The first-order valence-corrected chi connectivity index (χ1v) is 8.82. The largest absolute Gasteiger partial charge is 0.401 e. The van der Waals surface area contributed by atoms with E-state index in [1.54, 1.807) is 19.3 Å². The summed E-state index contributed by atoms with van der Waals surface area (Å²) in [5, 5.41) is 29.5. The molecule has 12 heteroatoms. The zero-order chi connectivity index (χ0) is 21.3. The molecule has 0 radical (unpaired) electrons. The summed E-state index contributed by atoms with van der Waals surface area (Å²) < 4.78 is 0. The van der Waals surface area contributed by atoms with Gasteiger partial charge < -0.3 is 32.3 Å². The maximum atomic E-state index is 11.2. The van der Waals surface area contributed by atoms with Crippen molar-refractivity contribution in [2.45, 2.75) is 31.3 Å². The minimum atomic E-state index is -0.827. The number of carbonyl (C=O) groups excluding carboxylic acids is 1. The van der Waals surface area contributed by atoms with Crippen molar-refractivity contribution < 1.29 is 14.9 Å². The SMILES string of the molecule is CNC1C(NCCCN(N)/C=C(\N)CCC(N)=O)=CC=C([N+](=O)[O-])C1N(C)O. The lowest BCUT2D eigenvalue weighted by atomic mass is 9.96. The summed E-state index contributed by atoms with van der Waals surface area (Å²) in [6.45, 7) is 1.05. The second-order valence-electron chi connectivity index (χ2n) is 6.44. The number of allylic oxidation sites excluding steroid dienone is 3. The monoisotopic (exact) mass is 398 g/mol. The van der Waals surface area contributed by atoms with Gasteiger partial charge in [0.05, 0.1) is 11.0 Å². The molecule has 1 rings (SSSR count). The first kappa shape index (κ1) is 23.4. The molecular formula is C16H30N8O4. The zero-order valence-electron chi connectivity index (χ0n) is 16.2. The molecule has 9 N–H and O–H groups in total. The molecule has 0 aromatic heterocycles. The van der Waals surface area contributed by atoms with Crippen LogP contribution >= 0.6 is 0 Å². The van der Waals surface area contributed by atoms with Gasteiger partial charge in [-0.05, 0) is 26.0 Å². The Morgan fingerprint density at radius 1 is 1.39 bits per heavy atom. The maximum absolute atomic E-state index is 11.2. The third-order valence-corrected chi connectivity index (χ3v) is 4.23.